The molecule has 2 heterocycles. The van der Waals surface area contributed by atoms with Crippen LogP contribution >= 0.6 is 0 Å². The van der Waals surface area contributed by atoms with E-state index in [1.165, 1.54) is 94.1 Å². The van der Waals surface area contributed by atoms with Gasteiger partial charge in [0.2, 0.25) is 0 Å². The Morgan fingerprint density at radius 3 is 1.87 bits per heavy atom. The Hall–Kier alpha value is -1.70. The lowest BCUT2D eigenvalue weighted by Crippen LogP contribution is -2.25. The van der Waals surface area contributed by atoms with Crippen LogP contribution in [-0.4, -0.2) is 9.97 Å². The highest BCUT2D eigenvalue weighted by Gasteiger charge is 2.48. The summed E-state index contributed by atoms with van der Waals surface area (Å²) >= 11 is 0. The molecule has 7 rings (SSSR count). The molecule has 2 aromatic rings. The Morgan fingerprint density at radius 2 is 1.32 bits per heavy atom. The number of aromatic nitrogens is 2. The molecule has 2 atom stereocenters. The van der Waals surface area contributed by atoms with E-state index in [2.05, 4.69) is 48.5 Å². The van der Waals surface area contributed by atoms with Crippen molar-refractivity contribution in [3.8, 4) is 0 Å². The van der Waals surface area contributed by atoms with Gasteiger partial charge in [-0.1, -0.05) is 48.5 Å². The summed E-state index contributed by atoms with van der Waals surface area (Å²) in [5, 5.41) is 0. The first-order chi connectivity index (χ1) is 18.0. The van der Waals surface area contributed by atoms with Crippen molar-refractivity contribution in [1.29, 1.82) is 0 Å². The Labute approximate surface area is 231 Å². The van der Waals surface area contributed by atoms with Crippen LogP contribution in [0.15, 0.2) is 0 Å². The Balaban J connectivity index is 1.26. The van der Waals surface area contributed by atoms with Crippen molar-refractivity contribution in [3.05, 3.63) is 56.2 Å². The van der Waals surface area contributed by atoms with E-state index in [1.54, 1.807) is 39.1 Å². The quantitative estimate of drug-likeness (QED) is 0.371. The monoisotopic (exact) mass is 510 g/mol. The summed E-state index contributed by atoms with van der Waals surface area (Å²) in [6, 6.07) is 0. The predicted molar refractivity (Wildman–Crippen MR) is 158 cm³/mol. The zero-order valence-corrected chi connectivity index (χ0v) is 25.3. The third kappa shape index (κ3) is 4.19. The topological polar surface area (TPSA) is 25.8 Å². The molecule has 2 nitrogen and oxygen atoms in total. The van der Waals surface area contributed by atoms with E-state index in [1.807, 2.05) is 0 Å². The fourth-order valence-corrected chi connectivity index (χ4v) is 8.75. The van der Waals surface area contributed by atoms with E-state index >= 15 is 0 Å². The van der Waals surface area contributed by atoms with Crippen LogP contribution in [0.1, 0.15) is 180 Å². The molecule has 2 aromatic heterocycles. The van der Waals surface area contributed by atoms with Gasteiger partial charge in [0.1, 0.15) is 0 Å². The van der Waals surface area contributed by atoms with Crippen molar-refractivity contribution in [3.63, 3.8) is 0 Å². The van der Waals surface area contributed by atoms with Gasteiger partial charge in [-0.2, -0.15) is 0 Å². The van der Waals surface area contributed by atoms with Gasteiger partial charge < -0.3 is 0 Å². The number of rotatable bonds is 7. The molecular formula is C36H50N2. The fraction of sp³-hybridized carbons (Fsp3) is 0.722. The summed E-state index contributed by atoms with van der Waals surface area (Å²) < 4.78 is 0. The SMILES string of the molecule is CC(C)c1c(C2CC2)nc2c(c1C(C)(C)CC1CC1c1nc3c(c(C(C)(C)C)c1C1CC1)CCC3)CCC2. The standard InChI is InChI=1S/C36H50N2/c1-20(2)29-32(25-11-9-13-28(25)37-33(29)22-16-17-22)36(6,7)19-23-18-26(23)34-30(21-14-15-21)31(35(3,4)5)24-10-8-12-27(24)38-34/h20-23,26H,8-19H2,1-7H3. The highest BCUT2D eigenvalue weighted by molar-refractivity contribution is 5.53. The summed E-state index contributed by atoms with van der Waals surface area (Å²) in [4.78, 5) is 10.9. The molecule has 0 amide bonds. The van der Waals surface area contributed by atoms with Gasteiger partial charge in [-0.15, -0.1) is 0 Å². The van der Waals surface area contributed by atoms with Crippen molar-refractivity contribution in [1.82, 2.24) is 9.97 Å². The van der Waals surface area contributed by atoms with Crippen LogP contribution in [0.5, 0.6) is 0 Å². The van der Waals surface area contributed by atoms with Gasteiger partial charge in [0.25, 0.3) is 0 Å². The van der Waals surface area contributed by atoms with Crippen LogP contribution in [0, 0.1) is 5.92 Å². The van der Waals surface area contributed by atoms with Crippen LogP contribution in [-0.2, 0) is 36.5 Å². The highest BCUT2D eigenvalue weighted by Crippen LogP contribution is 2.59. The van der Waals surface area contributed by atoms with E-state index in [4.69, 9.17) is 9.97 Å². The second kappa shape index (κ2) is 8.65. The molecule has 204 valence electrons. The lowest BCUT2D eigenvalue weighted by atomic mass is 9.72. The Bertz CT molecular complexity index is 1280. The van der Waals surface area contributed by atoms with Crippen LogP contribution in [0.2, 0.25) is 0 Å². The van der Waals surface area contributed by atoms with E-state index in [0.717, 1.165) is 17.8 Å². The van der Waals surface area contributed by atoms with Crippen LogP contribution in [0.4, 0.5) is 0 Å². The molecule has 0 N–H and O–H groups in total. The Morgan fingerprint density at radius 1 is 0.737 bits per heavy atom. The van der Waals surface area contributed by atoms with E-state index < -0.39 is 0 Å². The molecular weight excluding hydrogens is 460 g/mol. The summed E-state index contributed by atoms with van der Waals surface area (Å²) in [6.07, 6.45) is 15.6. The molecule has 0 aromatic carbocycles. The van der Waals surface area contributed by atoms with Crippen molar-refractivity contribution in [2.75, 3.05) is 0 Å². The zero-order valence-electron chi connectivity index (χ0n) is 25.3. The normalized spacial score (nSPS) is 24.7. The first kappa shape index (κ1) is 25.3. The van der Waals surface area contributed by atoms with E-state index in [0.29, 0.717) is 11.8 Å². The summed E-state index contributed by atoms with van der Waals surface area (Å²) in [6.45, 7) is 17.4. The number of nitrogens with zero attached hydrogens (tertiary/aromatic N) is 2. The summed E-state index contributed by atoms with van der Waals surface area (Å²) in [5.41, 5.74) is 16.4. The first-order valence-electron chi connectivity index (χ1n) is 16.2. The zero-order chi connectivity index (χ0) is 26.6. The fourth-order valence-electron chi connectivity index (χ4n) is 8.75. The molecule has 0 saturated heterocycles. The minimum absolute atomic E-state index is 0.198. The maximum Gasteiger partial charge on any atom is 0.0478 e. The van der Waals surface area contributed by atoms with Crippen LogP contribution < -0.4 is 0 Å². The third-order valence-electron chi connectivity index (χ3n) is 10.6. The maximum absolute atomic E-state index is 5.54. The molecule has 3 saturated carbocycles. The van der Waals surface area contributed by atoms with Gasteiger partial charge in [0, 0.05) is 34.6 Å². The van der Waals surface area contributed by atoms with E-state index in [9.17, 15) is 0 Å². The molecule has 5 aliphatic rings. The molecule has 0 spiro atoms. The minimum atomic E-state index is 0.198. The third-order valence-corrected chi connectivity index (χ3v) is 10.6. The number of fused-ring (bicyclic) bond motifs is 2. The van der Waals surface area contributed by atoms with E-state index in [-0.39, 0.29) is 10.8 Å². The summed E-state index contributed by atoms with van der Waals surface area (Å²) in [5.74, 6) is 3.52. The van der Waals surface area contributed by atoms with Crippen LogP contribution in [0.25, 0.3) is 0 Å². The number of hydrogen-bond donors (Lipinski definition) is 0. The van der Waals surface area contributed by atoms with Crippen molar-refractivity contribution in [2.24, 2.45) is 5.92 Å². The second-order valence-electron chi connectivity index (χ2n) is 15.8. The highest BCUT2D eigenvalue weighted by atomic mass is 14.8. The molecule has 0 aliphatic heterocycles. The van der Waals surface area contributed by atoms with Gasteiger partial charge in [-0.05, 0) is 139 Å². The van der Waals surface area contributed by atoms with Gasteiger partial charge in [-0.3, -0.25) is 9.97 Å². The van der Waals surface area contributed by atoms with Gasteiger partial charge in [0.05, 0.1) is 0 Å². The molecule has 5 aliphatic carbocycles. The van der Waals surface area contributed by atoms with Crippen LogP contribution in [0.3, 0.4) is 0 Å². The molecule has 2 heteroatoms. The van der Waals surface area contributed by atoms with Crippen molar-refractivity contribution < 1.29 is 0 Å². The number of hydrogen-bond acceptors (Lipinski definition) is 2. The van der Waals surface area contributed by atoms with Crippen molar-refractivity contribution >= 4 is 0 Å². The number of aryl methyl sites for hydroxylation is 2. The lowest BCUT2D eigenvalue weighted by molar-refractivity contribution is 0.431. The minimum Gasteiger partial charge on any atom is -0.257 e. The van der Waals surface area contributed by atoms with Gasteiger partial charge in [0.15, 0.2) is 0 Å². The molecule has 38 heavy (non-hydrogen) atoms. The maximum atomic E-state index is 5.54. The van der Waals surface area contributed by atoms with Crippen molar-refractivity contribution in [2.45, 2.75) is 160 Å². The summed E-state index contributed by atoms with van der Waals surface area (Å²) in [7, 11) is 0. The smallest absolute Gasteiger partial charge is 0.0478 e. The first-order valence-corrected chi connectivity index (χ1v) is 16.2. The average Bonchev–Trinajstić information content (AvgIpc) is 3.77. The van der Waals surface area contributed by atoms with Gasteiger partial charge >= 0.3 is 0 Å². The largest absolute Gasteiger partial charge is 0.257 e. The Kier molecular flexibility index (Phi) is 5.75. The molecule has 3 fully saturated rings. The lowest BCUT2D eigenvalue weighted by Gasteiger charge is -2.34. The average molecular weight is 511 g/mol. The second-order valence-corrected chi connectivity index (χ2v) is 15.8. The molecule has 2 unspecified atom stereocenters. The van der Waals surface area contributed by atoms with Gasteiger partial charge in [-0.25, -0.2) is 0 Å². The number of pyridine rings is 2. The predicted octanol–water partition coefficient (Wildman–Crippen LogP) is 9.10. The molecule has 0 radical (unpaired) electrons. The molecule has 0 bridgehead atoms.